The summed E-state index contributed by atoms with van der Waals surface area (Å²) in [5.41, 5.74) is 2.04. The van der Waals surface area contributed by atoms with E-state index in [4.69, 9.17) is 9.47 Å². The Hall–Kier alpha value is -1.75. The molecule has 0 saturated heterocycles. The summed E-state index contributed by atoms with van der Waals surface area (Å²) in [6.45, 7) is 4.52. The Morgan fingerprint density at radius 2 is 2.10 bits per heavy atom. The number of nitrogens with one attached hydrogen (secondary N) is 1. The number of anilines is 1. The molecule has 2 heterocycles. The van der Waals surface area contributed by atoms with E-state index in [2.05, 4.69) is 22.6 Å². The maximum atomic E-state index is 5.72. The van der Waals surface area contributed by atoms with E-state index in [1.54, 1.807) is 11.3 Å². The van der Waals surface area contributed by atoms with Gasteiger partial charge in [-0.3, -0.25) is 0 Å². The van der Waals surface area contributed by atoms with E-state index in [9.17, 15) is 0 Å². The SMILES string of the molecule is CCCNc1nc(-c2ccc3c(c2)OCCCO3)cs1. The third-order valence-electron chi connectivity index (χ3n) is 3.07. The highest BCUT2D eigenvalue weighted by Crippen LogP contribution is 2.35. The molecule has 0 unspecified atom stereocenters. The minimum atomic E-state index is 0.705. The molecule has 1 aromatic heterocycles. The Morgan fingerprint density at radius 1 is 1.25 bits per heavy atom. The molecule has 1 aliphatic heterocycles. The van der Waals surface area contributed by atoms with Crippen molar-refractivity contribution in [2.75, 3.05) is 25.1 Å². The number of benzene rings is 1. The molecule has 20 heavy (non-hydrogen) atoms. The van der Waals surface area contributed by atoms with E-state index in [0.29, 0.717) is 13.2 Å². The van der Waals surface area contributed by atoms with Crippen LogP contribution in [0.3, 0.4) is 0 Å². The molecular weight excluding hydrogens is 272 g/mol. The van der Waals surface area contributed by atoms with E-state index >= 15 is 0 Å². The van der Waals surface area contributed by atoms with Crippen molar-refractivity contribution in [2.45, 2.75) is 19.8 Å². The van der Waals surface area contributed by atoms with Gasteiger partial charge in [-0.1, -0.05) is 6.92 Å². The summed E-state index contributed by atoms with van der Waals surface area (Å²) in [6.07, 6.45) is 2.02. The summed E-state index contributed by atoms with van der Waals surface area (Å²) in [5, 5.41) is 6.34. The minimum absolute atomic E-state index is 0.705. The quantitative estimate of drug-likeness (QED) is 0.930. The first-order valence-corrected chi connectivity index (χ1v) is 7.84. The second-order valence-corrected chi connectivity index (χ2v) is 5.53. The van der Waals surface area contributed by atoms with Gasteiger partial charge in [-0.25, -0.2) is 4.98 Å². The van der Waals surface area contributed by atoms with E-state index < -0.39 is 0 Å². The molecule has 4 nitrogen and oxygen atoms in total. The molecule has 0 radical (unpaired) electrons. The topological polar surface area (TPSA) is 43.4 Å². The summed E-state index contributed by atoms with van der Waals surface area (Å²) in [4.78, 5) is 4.60. The molecule has 2 aromatic rings. The molecule has 0 fully saturated rings. The lowest BCUT2D eigenvalue weighted by molar-refractivity contribution is 0.297. The molecule has 1 aliphatic rings. The molecular formula is C15H18N2O2S. The van der Waals surface area contributed by atoms with Crippen molar-refractivity contribution in [3.63, 3.8) is 0 Å². The van der Waals surface area contributed by atoms with Gasteiger partial charge < -0.3 is 14.8 Å². The van der Waals surface area contributed by atoms with Crippen LogP contribution in [0, 0.1) is 0 Å². The highest BCUT2D eigenvalue weighted by atomic mass is 32.1. The van der Waals surface area contributed by atoms with Crippen LogP contribution < -0.4 is 14.8 Å². The molecule has 0 spiro atoms. The van der Waals surface area contributed by atoms with Crippen LogP contribution in [-0.2, 0) is 0 Å². The number of rotatable bonds is 4. The monoisotopic (exact) mass is 290 g/mol. The van der Waals surface area contributed by atoms with Crippen molar-refractivity contribution >= 4 is 16.5 Å². The summed E-state index contributed by atoms with van der Waals surface area (Å²) in [6, 6.07) is 6.01. The van der Waals surface area contributed by atoms with Crippen molar-refractivity contribution in [2.24, 2.45) is 0 Å². The second kappa shape index (κ2) is 6.13. The lowest BCUT2D eigenvalue weighted by Crippen LogP contribution is -1.98. The number of ether oxygens (including phenoxy) is 2. The van der Waals surface area contributed by atoms with E-state index in [1.165, 1.54) is 0 Å². The van der Waals surface area contributed by atoms with E-state index in [1.807, 2.05) is 18.2 Å². The van der Waals surface area contributed by atoms with Gasteiger partial charge in [0.05, 0.1) is 18.9 Å². The van der Waals surface area contributed by atoms with Crippen LogP contribution in [0.1, 0.15) is 19.8 Å². The van der Waals surface area contributed by atoms with Crippen LogP contribution in [-0.4, -0.2) is 24.7 Å². The Kier molecular flexibility index (Phi) is 4.06. The molecule has 3 rings (SSSR count). The number of aromatic nitrogens is 1. The predicted octanol–water partition coefficient (Wildman–Crippen LogP) is 3.79. The van der Waals surface area contributed by atoms with Gasteiger partial charge in [0, 0.05) is 23.9 Å². The van der Waals surface area contributed by atoms with Crippen molar-refractivity contribution in [1.82, 2.24) is 4.98 Å². The second-order valence-electron chi connectivity index (χ2n) is 4.68. The molecule has 0 amide bonds. The fraction of sp³-hybridized carbons (Fsp3) is 0.400. The van der Waals surface area contributed by atoms with Crippen molar-refractivity contribution in [3.05, 3.63) is 23.6 Å². The summed E-state index contributed by atoms with van der Waals surface area (Å²) in [7, 11) is 0. The molecule has 0 saturated carbocycles. The molecule has 1 N–H and O–H groups in total. The van der Waals surface area contributed by atoms with Crippen LogP contribution in [0.15, 0.2) is 23.6 Å². The average molecular weight is 290 g/mol. The molecule has 0 bridgehead atoms. The van der Waals surface area contributed by atoms with Crippen molar-refractivity contribution < 1.29 is 9.47 Å². The Bertz CT molecular complexity index is 583. The first kappa shape index (κ1) is 13.2. The number of thiazole rings is 1. The molecule has 0 aliphatic carbocycles. The van der Waals surface area contributed by atoms with Gasteiger partial charge in [-0.05, 0) is 24.6 Å². The first-order valence-electron chi connectivity index (χ1n) is 6.96. The third-order valence-corrected chi connectivity index (χ3v) is 3.87. The Morgan fingerprint density at radius 3 is 2.95 bits per heavy atom. The van der Waals surface area contributed by atoms with Crippen molar-refractivity contribution in [1.29, 1.82) is 0 Å². The highest BCUT2D eigenvalue weighted by Gasteiger charge is 2.12. The van der Waals surface area contributed by atoms with E-state index in [0.717, 1.165) is 47.3 Å². The Labute approximate surface area is 122 Å². The zero-order valence-electron chi connectivity index (χ0n) is 11.5. The maximum Gasteiger partial charge on any atom is 0.183 e. The average Bonchev–Trinajstić information content (AvgIpc) is 2.82. The van der Waals surface area contributed by atoms with E-state index in [-0.39, 0.29) is 0 Å². The summed E-state index contributed by atoms with van der Waals surface area (Å²) >= 11 is 1.63. The molecule has 5 heteroatoms. The largest absolute Gasteiger partial charge is 0.490 e. The fourth-order valence-corrected chi connectivity index (χ4v) is 2.79. The zero-order chi connectivity index (χ0) is 13.8. The van der Waals surface area contributed by atoms with Crippen LogP contribution in [0.25, 0.3) is 11.3 Å². The van der Waals surface area contributed by atoms with Gasteiger partial charge in [0.1, 0.15) is 0 Å². The maximum absolute atomic E-state index is 5.72. The van der Waals surface area contributed by atoms with Crippen LogP contribution >= 0.6 is 11.3 Å². The standard InChI is InChI=1S/C15H18N2O2S/c1-2-6-16-15-17-12(10-20-15)11-4-5-13-14(9-11)19-8-3-7-18-13/h4-5,9-10H,2-3,6-8H2,1H3,(H,16,17). The van der Waals surface area contributed by atoms with Gasteiger partial charge >= 0.3 is 0 Å². The lowest BCUT2D eigenvalue weighted by atomic mass is 10.1. The summed E-state index contributed by atoms with van der Waals surface area (Å²) < 4.78 is 11.4. The lowest BCUT2D eigenvalue weighted by Gasteiger charge is -2.08. The van der Waals surface area contributed by atoms with Crippen LogP contribution in [0.4, 0.5) is 5.13 Å². The number of hydrogen-bond acceptors (Lipinski definition) is 5. The number of hydrogen-bond donors (Lipinski definition) is 1. The predicted molar refractivity (Wildman–Crippen MR) is 81.9 cm³/mol. The fourth-order valence-electron chi connectivity index (χ4n) is 2.04. The third kappa shape index (κ3) is 2.88. The van der Waals surface area contributed by atoms with Gasteiger partial charge in [0.15, 0.2) is 16.6 Å². The van der Waals surface area contributed by atoms with Gasteiger partial charge in [0.2, 0.25) is 0 Å². The smallest absolute Gasteiger partial charge is 0.183 e. The van der Waals surface area contributed by atoms with Crippen LogP contribution in [0.2, 0.25) is 0 Å². The molecule has 106 valence electrons. The first-order chi connectivity index (χ1) is 9.86. The zero-order valence-corrected chi connectivity index (χ0v) is 12.3. The van der Waals surface area contributed by atoms with Gasteiger partial charge in [-0.15, -0.1) is 11.3 Å². The van der Waals surface area contributed by atoms with Crippen LogP contribution in [0.5, 0.6) is 11.5 Å². The number of fused-ring (bicyclic) bond motifs is 1. The molecule has 1 aromatic carbocycles. The molecule has 0 atom stereocenters. The minimum Gasteiger partial charge on any atom is -0.490 e. The number of nitrogens with zero attached hydrogens (tertiary/aromatic N) is 1. The van der Waals surface area contributed by atoms with Gasteiger partial charge in [-0.2, -0.15) is 0 Å². The highest BCUT2D eigenvalue weighted by molar-refractivity contribution is 7.14. The van der Waals surface area contributed by atoms with Crippen molar-refractivity contribution in [3.8, 4) is 22.8 Å². The van der Waals surface area contributed by atoms with Gasteiger partial charge in [0.25, 0.3) is 0 Å². The normalized spacial score (nSPS) is 13.8. The Balaban J connectivity index is 1.83. The summed E-state index contributed by atoms with van der Waals surface area (Å²) in [5.74, 6) is 1.64.